The maximum atomic E-state index is 12.3. The van der Waals surface area contributed by atoms with Crippen LogP contribution >= 0.6 is 11.8 Å². The number of thioether (sulfide) groups is 1. The predicted octanol–water partition coefficient (Wildman–Crippen LogP) is 1.32. The third-order valence-electron chi connectivity index (χ3n) is 3.84. The summed E-state index contributed by atoms with van der Waals surface area (Å²) in [5.74, 6) is 0.0651. The number of nitrogens with one attached hydrogen (secondary N) is 1. The monoisotopic (exact) mass is 333 g/mol. The van der Waals surface area contributed by atoms with Crippen LogP contribution in [0.2, 0.25) is 0 Å². The third kappa shape index (κ3) is 3.73. The van der Waals surface area contributed by atoms with E-state index in [0.717, 1.165) is 30.5 Å². The second-order valence-electron chi connectivity index (χ2n) is 5.50. The van der Waals surface area contributed by atoms with Gasteiger partial charge in [-0.15, -0.1) is 0 Å². The van der Waals surface area contributed by atoms with E-state index in [1.54, 1.807) is 11.6 Å². The summed E-state index contributed by atoms with van der Waals surface area (Å²) in [7, 11) is 1.72. The quantitative estimate of drug-likeness (QED) is 0.836. The number of aryl methyl sites for hydroxylation is 1. The molecule has 0 radical (unpaired) electrons. The van der Waals surface area contributed by atoms with E-state index in [0.29, 0.717) is 11.6 Å². The number of carbonyl (C=O) groups excluding carboxylic acids is 1. The fourth-order valence-corrected chi connectivity index (χ4v) is 3.36. The molecule has 23 heavy (non-hydrogen) atoms. The van der Waals surface area contributed by atoms with Gasteiger partial charge in [0.25, 0.3) is 5.56 Å². The van der Waals surface area contributed by atoms with Gasteiger partial charge in [0.05, 0.1) is 22.9 Å². The standard InChI is InChI=1S/C16H19N3O3S/c1-19-13-7-3-2-6-12(13)18-15(16(19)21)23-10-14(20)17-9-11-5-4-8-22-11/h2-3,6-7,11H,4-5,8-10H2,1H3,(H,17,20). The summed E-state index contributed by atoms with van der Waals surface area (Å²) in [6.45, 7) is 1.30. The highest BCUT2D eigenvalue weighted by Crippen LogP contribution is 2.16. The van der Waals surface area contributed by atoms with Gasteiger partial charge in [0.15, 0.2) is 5.03 Å². The minimum atomic E-state index is -0.180. The summed E-state index contributed by atoms with van der Waals surface area (Å²) in [5.41, 5.74) is 1.35. The molecule has 1 atom stereocenters. The van der Waals surface area contributed by atoms with E-state index in [4.69, 9.17) is 4.74 Å². The van der Waals surface area contributed by atoms with Gasteiger partial charge in [-0.1, -0.05) is 23.9 Å². The van der Waals surface area contributed by atoms with Crippen LogP contribution in [-0.2, 0) is 16.6 Å². The zero-order chi connectivity index (χ0) is 16.2. The van der Waals surface area contributed by atoms with Crippen LogP contribution < -0.4 is 10.9 Å². The topological polar surface area (TPSA) is 73.2 Å². The Hall–Kier alpha value is -1.86. The second kappa shape index (κ2) is 7.14. The highest BCUT2D eigenvalue weighted by Gasteiger charge is 2.17. The Bertz CT molecular complexity index is 769. The van der Waals surface area contributed by atoms with Gasteiger partial charge in [0, 0.05) is 20.2 Å². The molecule has 0 bridgehead atoms. The molecule has 1 amide bonds. The molecule has 2 heterocycles. The molecule has 1 aliphatic heterocycles. The van der Waals surface area contributed by atoms with Crippen molar-refractivity contribution in [3.05, 3.63) is 34.6 Å². The van der Waals surface area contributed by atoms with Crippen LogP contribution in [0.3, 0.4) is 0 Å². The minimum Gasteiger partial charge on any atom is -0.376 e. The summed E-state index contributed by atoms with van der Waals surface area (Å²) in [6.07, 6.45) is 2.16. The summed E-state index contributed by atoms with van der Waals surface area (Å²) in [6, 6.07) is 7.46. The van der Waals surface area contributed by atoms with E-state index >= 15 is 0 Å². The first kappa shape index (κ1) is 16.0. The Kier molecular flexibility index (Phi) is 4.97. The van der Waals surface area contributed by atoms with E-state index < -0.39 is 0 Å². The molecule has 1 fully saturated rings. The summed E-state index contributed by atoms with van der Waals surface area (Å²) < 4.78 is 7.03. The number of amides is 1. The van der Waals surface area contributed by atoms with Crippen LogP contribution in [0.25, 0.3) is 11.0 Å². The molecule has 1 aromatic heterocycles. The Morgan fingerprint density at radius 3 is 3.09 bits per heavy atom. The van der Waals surface area contributed by atoms with E-state index in [1.807, 2.05) is 24.3 Å². The lowest BCUT2D eigenvalue weighted by atomic mass is 10.2. The third-order valence-corrected chi connectivity index (χ3v) is 4.79. The number of fused-ring (bicyclic) bond motifs is 1. The molecule has 0 saturated carbocycles. The number of ether oxygens (including phenoxy) is 1. The zero-order valence-corrected chi connectivity index (χ0v) is 13.8. The number of aromatic nitrogens is 2. The highest BCUT2D eigenvalue weighted by molar-refractivity contribution is 7.99. The normalized spacial score (nSPS) is 17.5. The summed E-state index contributed by atoms with van der Waals surface area (Å²) >= 11 is 1.17. The average molecular weight is 333 g/mol. The predicted molar refractivity (Wildman–Crippen MR) is 89.7 cm³/mol. The molecule has 7 heteroatoms. The molecule has 6 nitrogen and oxygen atoms in total. The van der Waals surface area contributed by atoms with Gasteiger partial charge < -0.3 is 14.6 Å². The Labute approximate surface area is 138 Å². The van der Waals surface area contributed by atoms with Crippen molar-refractivity contribution >= 4 is 28.7 Å². The largest absolute Gasteiger partial charge is 0.376 e. The first-order valence-electron chi connectivity index (χ1n) is 7.62. The SMILES string of the molecule is Cn1c(=O)c(SCC(=O)NCC2CCCO2)nc2ccccc21. The smallest absolute Gasteiger partial charge is 0.283 e. The number of carbonyl (C=O) groups is 1. The molecule has 1 N–H and O–H groups in total. The summed E-state index contributed by atoms with van der Waals surface area (Å²) in [5, 5.41) is 3.19. The molecular formula is C16H19N3O3S. The Morgan fingerprint density at radius 2 is 2.30 bits per heavy atom. The number of hydrogen-bond donors (Lipinski definition) is 1. The maximum absolute atomic E-state index is 12.3. The van der Waals surface area contributed by atoms with Crippen molar-refractivity contribution in [3.8, 4) is 0 Å². The Balaban J connectivity index is 1.63. The van der Waals surface area contributed by atoms with Crippen molar-refractivity contribution in [3.63, 3.8) is 0 Å². The van der Waals surface area contributed by atoms with E-state index in [2.05, 4.69) is 10.3 Å². The molecular weight excluding hydrogens is 314 g/mol. The molecule has 3 rings (SSSR count). The van der Waals surface area contributed by atoms with Crippen molar-refractivity contribution in [2.24, 2.45) is 7.05 Å². The van der Waals surface area contributed by atoms with Crippen LogP contribution in [0.15, 0.2) is 34.1 Å². The fourth-order valence-electron chi connectivity index (χ4n) is 2.56. The van der Waals surface area contributed by atoms with Gasteiger partial charge in [-0.3, -0.25) is 9.59 Å². The molecule has 1 unspecified atom stereocenters. The second-order valence-corrected chi connectivity index (χ2v) is 6.46. The van der Waals surface area contributed by atoms with Crippen molar-refractivity contribution in [2.75, 3.05) is 18.9 Å². The molecule has 1 saturated heterocycles. The highest BCUT2D eigenvalue weighted by atomic mass is 32.2. The van der Waals surface area contributed by atoms with Gasteiger partial charge in [-0.25, -0.2) is 4.98 Å². The number of nitrogens with zero attached hydrogens (tertiary/aromatic N) is 2. The average Bonchev–Trinajstić information content (AvgIpc) is 3.08. The van der Waals surface area contributed by atoms with Gasteiger partial charge in [-0.2, -0.15) is 0 Å². The van der Waals surface area contributed by atoms with Gasteiger partial charge in [0.2, 0.25) is 5.91 Å². The van der Waals surface area contributed by atoms with Crippen LogP contribution in [0.4, 0.5) is 0 Å². The molecule has 122 valence electrons. The molecule has 0 aliphatic carbocycles. The first-order chi connectivity index (χ1) is 11.1. The molecule has 2 aromatic rings. The van der Waals surface area contributed by atoms with Crippen LogP contribution in [0, 0.1) is 0 Å². The lowest BCUT2D eigenvalue weighted by Crippen LogP contribution is -2.33. The van der Waals surface area contributed by atoms with E-state index in [1.165, 1.54) is 11.8 Å². The maximum Gasteiger partial charge on any atom is 0.283 e. The zero-order valence-electron chi connectivity index (χ0n) is 12.9. The molecule has 0 spiro atoms. The van der Waals surface area contributed by atoms with Crippen LogP contribution in [-0.4, -0.2) is 40.5 Å². The van der Waals surface area contributed by atoms with Crippen molar-refractivity contribution < 1.29 is 9.53 Å². The van der Waals surface area contributed by atoms with E-state index in [-0.39, 0.29) is 23.3 Å². The molecule has 1 aromatic carbocycles. The van der Waals surface area contributed by atoms with Gasteiger partial charge >= 0.3 is 0 Å². The van der Waals surface area contributed by atoms with Crippen molar-refractivity contribution in [1.82, 2.24) is 14.9 Å². The lowest BCUT2D eigenvalue weighted by Gasteiger charge is -2.11. The minimum absolute atomic E-state index is 0.109. The Morgan fingerprint density at radius 1 is 1.48 bits per heavy atom. The number of hydrogen-bond acceptors (Lipinski definition) is 5. The molecule has 1 aliphatic rings. The van der Waals surface area contributed by atoms with Gasteiger partial charge in [-0.05, 0) is 25.0 Å². The van der Waals surface area contributed by atoms with Crippen molar-refractivity contribution in [1.29, 1.82) is 0 Å². The number of para-hydroxylation sites is 2. The van der Waals surface area contributed by atoms with E-state index in [9.17, 15) is 9.59 Å². The first-order valence-corrected chi connectivity index (χ1v) is 8.60. The van der Waals surface area contributed by atoms with Gasteiger partial charge in [0.1, 0.15) is 0 Å². The number of benzene rings is 1. The lowest BCUT2D eigenvalue weighted by molar-refractivity contribution is -0.119. The fraction of sp³-hybridized carbons (Fsp3) is 0.438. The van der Waals surface area contributed by atoms with Crippen molar-refractivity contribution in [2.45, 2.75) is 24.0 Å². The van der Waals surface area contributed by atoms with Crippen LogP contribution in [0.5, 0.6) is 0 Å². The summed E-state index contributed by atoms with van der Waals surface area (Å²) in [4.78, 5) is 28.6. The van der Waals surface area contributed by atoms with Crippen LogP contribution in [0.1, 0.15) is 12.8 Å². The number of rotatable bonds is 5.